The molecule has 0 aliphatic carbocycles. The fourth-order valence-corrected chi connectivity index (χ4v) is 2.47. The minimum absolute atomic E-state index is 0. The molecule has 8 heteroatoms. The number of halogens is 4. The minimum atomic E-state index is -4.31. The van der Waals surface area contributed by atoms with Crippen LogP contribution in [0, 0.1) is 0 Å². The Bertz CT molecular complexity index is 532. The molecular formula is C14H16ClF3N2OS. The molecule has 0 spiro atoms. The second-order valence-corrected chi connectivity index (χ2v) is 5.71. The van der Waals surface area contributed by atoms with E-state index in [0.717, 1.165) is 25.1 Å². The van der Waals surface area contributed by atoms with E-state index in [2.05, 4.69) is 10.6 Å². The standard InChI is InChI=1S/C14H15F3N2OS.ClH/c15-14(16,17)21-12-3-1-11(2-4-12)13(20)19-9-10-5-7-18-8-6-10;/h1-5,18H,6-9H2,(H,19,20);1H. The Morgan fingerprint density at radius 2 is 1.95 bits per heavy atom. The lowest BCUT2D eigenvalue weighted by Crippen LogP contribution is -2.29. The topological polar surface area (TPSA) is 41.1 Å². The van der Waals surface area contributed by atoms with Crippen molar-refractivity contribution in [2.75, 3.05) is 19.6 Å². The highest BCUT2D eigenvalue weighted by Gasteiger charge is 2.29. The van der Waals surface area contributed by atoms with Crippen LogP contribution in [0.2, 0.25) is 0 Å². The van der Waals surface area contributed by atoms with E-state index in [9.17, 15) is 18.0 Å². The molecule has 1 amide bonds. The molecule has 0 aromatic heterocycles. The number of thioether (sulfide) groups is 1. The van der Waals surface area contributed by atoms with Gasteiger partial charge in [-0.1, -0.05) is 11.6 Å². The normalized spacial score (nSPS) is 14.8. The maximum Gasteiger partial charge on any atom is 0.446 e. The minimum Gasteiger partial charge on any atom is -0.348 e. The van der Waals surface area contributed by atoms with Gasteiger partial charge in [-0.2, -0.15) is 13.2 Å². The molecule has 1 heterocycles. The number of carbonyl (C=O) groups excluding carboxylic acids is 1. The Labute approximate surface area is 137 Å². The molecule has 0 unspecified atom stereocenters. The smallest absolute Gasteiger partial charge is 0.348 e. The molecule has 22 heavy (non-hydrogen) atoms. The Morgan fingerprint density at radius 3 is 2.50 bits per heavy atom. The zero-order chi connectivity index (χ0) is 15.3. The van der Waals surface area contributed by atoms with Crippen molar-refractivity contribution in [3.05, 3.63) is 41.5 Å². The Morgan fingerprint density at radius 1 is 1.27 bits per heavy atom. The van der Waals surface area contributed by atoms with E-state index in [-0.39, 0.29) is 35.0 Å². The average Bonchev–Trinajstić information content (AvgIpc) is 2.45. The van der Waals surface area contributed by atoms with Crippen LogP contribution >= 0.6 is 24.2 Å². The Kier molecular flexibility index (Phi) is 7.25. The van der Waals surface area contributed by atoms with Crippen LogP contribution in [-0.2, 0) is 0 Å². The summed E-state index contributed by atoms with van der Waals surface area (Å²) in [6, 6.07) is 5.41. The van der Waals surface area contributed by atoms with Crippen LogP contribution in [0.3, 0.4) is 0 Å². The van der Waals surface area contributed by atoms with Crippen molar-refractivity contribution in [3.63, 3.8) is 0 Å². The molecule has 0 atom stereocenters. The van der Waals surface area contributed by atoms with E-state index in [0.29, 0.717) is 12.1 Å². The van der Waals surface area contributed by atoms with E-state index in [1.54, 1.807) is 0 Å². The zero-order valence-electron chi connectivity index (χ0n) is 11.6. The summed E-state index contributed by atoms with van der Waals surface area (Å²) in [5, 5.41) is 5.95. The maximum atomic E-state index is 12.2. The molecule has 0 bridgehead atoms. The van der Waals surface area contributed by atoms with Crippen molar-refractivity contribution < 1.29 is 18.0 Å². The van der Waals surface area contributed by atoms with Gasteiger partial charge in [0.2, 0.25) is 0 Å². The number of alkyl halides is 3. The van der Waals surface area contributed by atoms with Gasteiger partial charge >= 0.3 is 5.51 Å². The largest absolute Gasteiger partial charge is 0.446 e. The van der Waals surface area contributed by atoms with Crippen LogP contribution in [0.1, 0.15) is 16.8 Å². The molecule has 0 saturated heterocycles. The highest BCUT2D eigenvalue weighted by molar-refractivity contribution is 8.00. The first kappa shape index (κ1) is 18.9. The number of amides is 1. The molecule has 0 saturated carbocycles. The second kappa shape index (κ2) is 8.45. The predicted molar refractivity (Wildman–Crippen MR) is 83.5 cm³/mol. The molecule has 2 rings (SSSR count). The molecule has 3 nitrogen and oxygen atoms in total. The number of nitrogens with one attached hydrogen (secondary N) is 2. The quantitative estimate of drug-likeness (QED) is 0.645. The van der Waals surface area contributed by atoms with E-state index in [1.807, 2.05) is 6.08 Å². The zero-order valence-corrected chi connectivity index (χ0v) is 13.2. The lowest BCUT2D eigenvalue weighted by atomic mass is 10.1. The summed E-state index contributed by atoms with van der Waals surface area (Å²) in [5.74, 6) is -0.280. The molecule has 1 aliphatic rings. The van der Waals surface area contributed by atoms with Crippen LogP contribution in [0.25, 0.3) is 0 Å². The molecule has 122 valence electrons. The van der Waals surface area contributed by atoms with Crippen LogP contribution < -0.4 is 10.6 Å². The summed E-state index contributed by atoms with van der Waals surface area (Å²) in [7, 11) is 0. The number of hydrogen-bond donors (Lipinski definition) is 2. The van der Waals surface area contributed by atoms with Gasteiger partial charge in [0.05, 0.1) is 0 Å². The van der Waals surface area contributed by atoms with Gasteiger partial charge in [-0.3, -0.25) is 4.79 Å². The van der Waals surface area contributed by atoms with Gasteiger partial charge in [0, 0.05) is 23.5 Å². The fourth-order valence-electron chi connectivity index (χ4n) is 1.93. The SMILES string of the molecule is Cl.O=C(NCC1=CCNCC1)c1ccc(SC(F)(F)F)cc1. The highest BCUT2D eigenvalue weighted by atomic mass is 35.5. The Balaban J connectivity index is 0.00000242. The van der Waals surface area contributed by atoms with Crippen molar-refractivity contribution in [1.29, 1.82) is 0 Å². The van der Waals surface area contributed by atoms with Crippen molar-refractivity contribution in [2.45, 2.75) is 16.8 Å². The number of hydrogen-bond acceptors (Lipinski definition) is 3. The Hall–Kier alpha value is -1.18. The summed E-state index contributed by atoms with van der Waals surface area (Å²) in [5.41, 5.74) is -2.80. The van der Waals surface area contributed by atoms with Gasteiger partial charge in [-0.15, -0.1) is 12.4 Å². The van der Waals surface area contributed by atoms with Crippen LogP contribution in [0.4, 0.5) is 13.2 Å². The van der Waals surface area contributed by atoms with Crippen LogP contribution in [0.5, 0.6) is 0 Å². The molecular weight excluding hydrogens is 337 g/mol. The van der Waals surface area contributed by atoms with Crippen molar-refractivity contribution >= 4 is 30.1 Å². The van der Waals surface area contributed by atoms with Crippen molar-refractivity contribution in [2.24, 2.45) is 0 Å². The molecule has 0 fully saturated rings. The number of benzene rings is 1. The second-order valence-electron chi connectivity index (χ2n) is 4.57. The first-order valence-corrected chi connectivity index (χ1v) is 7.28. The van der Waals surface area contributed by atoms with Crippen molar-refractivity contribution in [1.82, 2.24) is 10.6 Å². The van der Waals surface area contributed by atoms with Gasteiger partial charge in [0.1, 0.15) is 0 Å². The fraction of sp³-hybridized carbons (Fsp3) is 0.357. The van der Waals surface area contributed by atoms with E-state index in [1.165, 1.54) is 24.3 Å². The molecule has 1 aromatic carbocycles. The van der Waals surface area contributed by atoms with E-state index < -0.39 is 5.51 Å². The third-order valence-electron chi connectivity index (χ3n) is 2.98. The van der Waals surface area contributed by atoms with Crippen LogP contribution in [-0.4, -0.2) is 31.0 Å². The van der Waals surface area contributed by atoms with Gasteiger partial charge < -0.3 is 10.6 Å². The lowest BCUT2D eigenvalue weighted by molar-refractivity contribution is -0.0328. The van der Waals surface area contributed by atoms with Gasteiger partial charge in [0.15, 0.2) is 0 Å². The number of carbonyl (C=O) groups is 1. The molecule has 0 radical (unpaired) electrons. The third-order valence-corrected chi connectivity index (χ3v) is 3.72. The maximum absolute atomic E-state index is 12.2. The summed E-state index contributed by atoms with van der Waals surface area (Å²) in [4.78, 5) is 12.0. The van der Waals surface area contributed by atoms with E-state index >= 15 is 0 Å². The molecule has 1 aliphatic heterocycles. The summed E-state index contributed by atoms with van der Waals surface area (Å²) < 4.78 is 36.6. The predicted octanol–water partition coefficient (Wildman–Crippen LogP) is 3.37. The monoisotopic (exact) mass is 352 g/mol. The molecule has 2 N–H and O–H groups in total. The van der Waals surface area contributed by atoms with Gasteiger partial charge in [-0.05, 0) is 49.0 Å². The average molecular weight is 353 g/mol. The first-order valence-electron chi connectivity index (χ1n) is 6.47. The van der Waals surface area contributed by atoms with Gasteiger partial charge in [-0.25, -0.2) is 0 Å². The van der Waals surface area contributed by atoms with Gasteiger partial charge in [0.25, 0.3) is 5.91 Å². The van der Waals surface area contributed by atoms with Crippen molar-refractivity contribution in [3.8, 4) is 0 Å². The summed E-state index contributed by atoms with van der Waals surface area (Å²) >= 11 is -0.191. The third kappa shape index (κ3) is 6.29. The number of rotatable bonds is 4. The lowest BCUT2D eigenvalue weighted by Gasteiger charge is -2.14. The first-order chi connectivity index (χ1) is 9.94. The van der Waals surface area contributed by atoms with E-state index in [4.69, 9.17) is 0 Å². The highest BCUT2D eigenvalue weighted by Crippen LogP contribution is 2.36. The van der Waals surface area contributed by atoms with Crippen LogP contribution in [0.15, 0.2) is 40.8 Å². The summed E-state index contributed by atoms with van der Waals surface area (Å²) in [6.07, 6.45) is 2.92. The molecule has 1 aromatic rings. The summed E-state index contributed by atoms with van der Waals surface area (Å²) in [6.45, 7) is 2.17.